The van der Waals surface area contributed by atoms with Crippen LogP contribution in [-0.4, -0.2) is 37.2 Å². The van der Waals surface area contributed by atoms with Crippen LogP contribution in [0, 0.1) is 0 Å². The van der Waals surface area contributed by atoms with Crippen LogP contribution in [0.4, 0.5) is 0 Å². The van der Waals surface area contributed by atoms with Gasteiger partial charge in [0.2, 0.25) is 0 Å². The monoisotopic (exact) mass is 829 g/mol. The van der Waals surface area contributed by atoms with Gasteiger partial charge in [0.1, 0.15) is 13.2 Å². The van der Waals surface area contributed by atoms with E-state index < -0.39 is 6.10 Å². The van der Waals surface area contributed by atoms with Gasteiger partial charge in [-0.15, -0.1) is 0 Å². The molecule has 0 amide bonds. The summed E-state index contributed by atoms with van der Waals surface area (Å²) < 4.78 is 16.8. The van der Waals surface area contributed by atoms with Crippen molar-refractivity contribution >= 4 is 17.9 Å². The van der Waals surface area contributed by atoms with Crippen molar-refractivity contribution in [1.29, 1.82) is 0 Å². The Morgan fingerprint density at radius 1 is 0.322 bits per heavy atom. The van der Waals surface area contributed by atoms with Gasteiger partial charge in [-0.2, -0.15) is 0 Å². The number of rotatable bonds is 46. The van der Waals surface area contributed by atoms with Crippen LogP contribution >= 0.6 is 0 Å². The summed E-state index contributed by atoms with van der Waals surface area (Å²) in [4.78, 5) is 37.9. The summed E-state index contributed by atoms with van der Waals surface area (Å²) in [6, 6.07) is 0. The molecule has 1 atom stereocenters. The number of esters is 3. The van der Waals surface area contributed by atoms with Gasteiger partial charge < -0.3 is 14.2 Å². The zero-order valence-corrected chi connectivity index (χ0v) is 39.3. The van der Waals surface area contributed by atoms with E-state index in [-0.39, 0.29) is 31.1 Å². The van der Waals surface area contributed by atoms with Gasteiger partial charge in [-0.3, -0.25) is 14.4 Å². The minimum atomic E-state index is -0.780. The van der Waals surface area contributed by atoms with Gasteiger partial charge in [0.05, 0.1) is 0 Å². The average Bonchev–Trinajstić information content (AvgIpc) is 3.23. The van der Waals surface area contributed by atoms with Crippen LogP contribution in [0.5, 0.6) is 0 Å². The lowest BCUT2D eigenvalue weighted by molar-refractivity contribution is -0.167. The standard InChI is InChI=1S/C53H96O6/c1-4-7-10-13-16-19-22-25-26-29-31-34-37-40-43-46-52(55)58-49-50(59-53(56)47-44-41-38-35-32-28-24-21-18-15-12-9-6-3)48-57-51(54)45-42-39-36-33-30-27-23-20-17-14-11-8-5-2/h20-21,23-26,50H,4-19,22,27-49H2,1-3H3/t50-/m1/s1. The van der Waals surface area contributed by atoms with Gasteiger partial charge in [-0.25, -0.2) is 0 Å². The third-order valence-corrected chi connectivity index (χ3v) is 11.1. The smallest absolute Gasteiger partial charge is 0.306 e. The first-order chi connectivity index (χ1) is 29.0. The summed E-state index contributed by atoms with van der Waals surface area (Å²) in [6.07, 6.45) is 55.5. The van der Waals surface area contributed by atoms with E-state index in [0.717, 1.165) is 83.5 Å². The van der Waals surface area contributed by atoms with Gasteiger partial charge in [-0.05, 0) is 96.3 Å². The lowest BCUT2D eigenvalue weighted by Crippen LogP contribution is -2.30. The van der Waals surface area contributed by atoms with Gasteiger partial charge in [-0.1, -0.05) is 186 Å². The fourth-order valence-corrected chi connectivity index (χ4v) is 7.19. The molecule has 6 heteroatoms. The number of carbonyl (C=O) groups excluding carboxylic acids is 3. The number of hydrogen-bond donors (Lipinski definition) is 0. The fraction of sp³-hybridized carbons (Fsp3) is 0.830. The molecule has 0 aliphatic rings. The maximum Gasteiger partial charge on any atom is 0.306 e. The molecule has 0 N–H and O–H groups in total. The highest BCUT2D eigenvalue weighted by molar-refractivity contribution is 5.71. The highest BCUT2D eigenvalue weighted by Crippen LogP contribution is 2.14. The van der Waals surface area contributed by atoms with Gasteiger partial charge >= 0.3 is 17.9 Å². The Kier molecular flexibility index (Phi) is 46.4. The largest absolute Gasteiger partial charge is 0.462 e. The first-order valence-corrected chi connectivity index (χ1v) is 25.5. The molecule has 0 saturated heterocycles. The number of hydrogen-bond acceptors (Lipinski definition) is 6. The summed E-state index contributed by atoms with van der Waals surface area (Å²) in [5, 5.41) is 0. The van der Waals surface area contributed by atoms with Gasteiger partial charge in [0.25, 0.3) is 0 Å². The molecule has 0 aromatic carbocycles. The fourth-order valence-electron chi connectivity index (χ4n) is 7.19. The molecule has 0 aromatic rings. The van der Waals surface area contributed by atoms with E-state index in [4.69, 9.17) is 14.2 Å². The molecule has 0 radical (unpaired) electrons. The average molecular weight is 829 g/mol. The molecule has 0 fully saturated rings. The summed E-state index contributed by atoms with van der Waals surface area (Å²) >= 11 is 0. The Morgan fingerprint density at radius 2 is 0.559 bits per heavy atom. The van der Waals surface area contributed by atoms with E-state index in [1.165, 1.54) is 141 Å². The molecule has 0 saturated carbocycles. The van der Waals surface area contributed by atoms with Crippen molar-refractivity contribution in [3.8, 4) is 0 Å². The lowest BCUT2D eigenvalue weighted by Gasteiger charge is -2.18. The molecule has 59 heavy (non-hydrogen) atoms. The Morgan fingerprint density at radius 3 is 0.864 bits per heavy atom. The molecule has 0 aromatic heterocycles. The quantitative estimate of drug-likeness (QED) is 0.0263. The van der Waals surface area contributed by atoms with Crippen LogP contribution in [-0.2, 0) is 28.6 Å². The van der Waals surface area contributed by atoms with Crippen LogP contribution in [0.1, 0.15) is 265 Å². The lowest BCUT2D eigenvalue weighted by atomic mass is 10.1. The van der Waals surface area contributed by atoms with E-state index in [0.29, 0.717) is 19.3 Å². The molecule has 344 valence electrons. The van der Waals surface area contributed by atoms with Crippen molar-refractivity contribution in [1.82, 2.24) is 0 Å². The minimum Gasteiger partial charge on any atom is -0.462 e. The molecule has 0 rings (SSSR count). The maximum absolute atomic E-state index is 12.8. The Balaban J connectivity index is 4.39. The van der Waals surface area contributed by atoms with Crippen LogP contribution in [0.2, 0.25) is 0 Å². The van der Waals surface area contributed by atoms with E-state index in [1.807, 2.05) is 0 Å². The summed E-state index contributed by atoms with van der Waals surface area (Å²) in [5.41, 5.74) is 0. The number of ether oxygens (including phenoxy) is 3. The van der Waals surface area contributed by atoms with Crippen molar-refractivity contribution in [3.63, 3.8) is 0 Å². The first kappa shape index (κ1) is 56.6. The second-order valence-electron chi connectivity index (χ2n) is 17.1. The SMILES string of the molecule is CCCCCCC=CCCCCCCCC(=O)OC[C@H](COC(=O)CCCCCCCC=CCCCCCCCC)OC(=O)CCCCCCCC=CCCCCCC. The molecule has 0 heterocycles. The van der Waals surface area contributed by atoms with Crippen molar-refractivity contribution in [3.05, 3.63) is 36.5 Å². The molecule has 6 nitrogen and oxygen atoms in total. The maximum atomic E-state index is 12.8. The number of carbonyl (C=O) groups is 3. The molecule has 0 bridgehead atoms. The molecule has 0 aliphatic carbocycles. The highest BCUT2D eigenvalue weighted by atomic mass is 16.6. The molecular formula is C53H96O6. The summed E-state index contributed by atoms with van der Waals surface area (Å²) in [7, 11) is 0. The molecule has 0 unspecified atom stereocenters. The predicted octanol–water partition coefficient (Wildman–Crippen LogP) is 16.5. The van der Waals surface area contributed by atoms with Crippen LogP contribution in [0.3, 0.4) is 0 Å². The Labute approximate surface area is 365 Å². The third-order valence-electron chi connectivity index (χ3n) is 11.1. The van der Waals surface area contributed by atoms with Crippen LogP contribution < -0.4 is 0 Å². The highest BCUT2D eigenvalue weighted by Gasteiger charge is 2.19. The van der Waals surface area contributed by atoms with E-state index in [2.05, 4.69) is 57.2 Å². The topological polar surface area (TPSA) is 78.9 Å². The predicted molar refractivity (Wildman–Crippen MR) is 252 cm³/mol. The van der Waals surface area contributed by atoms with Crippen molar-refractivity contribution < 1.29 is 28.6 Å². The summed E-state index contributed by atoms with van der Waals surface area (Å²) in [6.45, 7) is 6.59. The van der Waals surface area contributed by atoms with Crippen molar-refractivity contribution in [2.75, 3.05) is 13.2 Å². The zero-order chi connectivity index (χ0) is 43.0. The van der Waals surface area contributed by atoms with E-state index >= 15 is 0 Å². The molecule has 0 spiro atoms. The molecular weight excluding hydrogens is 733 g/mol. The van der Waals surface area contributed by atoms with Crippen LogP contribution in [0.25, 0.3) is 0 Å². The second kappa shape index (κ2) is 48.3. The number of allylic oxidation sites excluding steroid dienone is 6. The normalized spacial score (nSPS) is 12.3. The van der Waals surface area contributed by atoms with Crippen molar-refractivity contribution in [2.24, 2.45) is 0 Å². The third kappa shape index (κ3) is 46.5. The first-order valence-electron chi connectivity index (χ1n) is 25.5. The minimum absolute atomic E-state index is 0.0811. The molecule has 0 aliphatic heterocycles. The zero-order valence-electron chi connectivity index (χ0n) is 39.3. The van der Waals surface area contributed by atoms with Crippen LogP contribution in [0.15, 0.2) is 36.5 Å². The number of unbranched alkanes of at least 4 members (excludes halogenated alkanes) is 29. The van der Waals surface area contributed by atoms with Gasteiger partial charge in [0, 0.05) is 19.3 Å². The Bertz CT molecular complexity index is 1000. The van der Waals surface area contributed by atoms with E-state index in [1.54, 1.807) is 0 Å². The Hall–Kier alpha value is -2.37. The van der Waals surface area contributed by atoms with Crippen molar-refractivity contribution in [2.45, 2.75) is 271 Å². The van der Waals surface area contributed by atoms with Gasteiger partial charge in [0.15, 0.2) is 6.10 Å². The second-order valence-corrected chi connectivity index (χ2v) is 17.1. The summed E-state index contributed by atoms with van der Waals surface area (Å²) in [5.74, 6) is -0.900. The van der Waals surface area contributed by atoms with E-state index in [9.17, 15) is 14.4 Å².